The largest absolute Gasteiger partial charge is 0.373 e. The van der Waals surface area contributed by atoms with Crippen molar-refractivity contribution in [2.45, 2.75) is 51.1 Å². The Hall–Kier alpha value is -3.81. The molecule has 0 aromatic heterocycles. The van der Waals surface area contributed by atoms with E-state index in [1.165, 1.54) is 19.1 Å². The standard InChI is InChI=1S/C30H30F3N3O2/c1-16-10-13-22(31)21(27(16)33)15-35-29(37)18-11-12-19(23(32)14-18)20-8-5-9-24-26(20)25(17-6-3-4-7-17)28(36-24)30(38)34-2/h5,8-14,17,25,28,36H,3-4,6-7,15H2,1-2H3,(H,34,38)(H,35,37). The lowest BCUT2D eigenvalue weighted by molar-refractivity contribution is -0.121. The number of aryl methyl sites for hydroxylation is 1. The van der Waals surface area contributed by atoms with Crippen molar-refractivity contribution in [2.75, 3.05) is 12.4 Å². The molecule has 0 radical (unpaired) electrons. The summed E-state index contributed by atoms with van der Waals surface area (Å²) in [5.41, 5.74) is 2.83. The fourth-order valence-electron chi connectivity index (χ4n) is 5.94. The molecule has 2 aliphatic rings. The van der Waals surface area contributed by atoms with Crippen LogP contribution in [0.4, 0.5) is 18.9 Å². The van der Waals surface area contributed by atoms with Crippen LogP contribution in [0.2, 0.25) is 0 Å². The minimum absolute atomic E-state index is 0.0426. The number of halogens is 3. The van der Waals surface area contributed by atoms with Crippen LogP contribution in [0.25, 0.3) is 11.1 Å². The lowest BCUT2D eigenvalue weighted by Crippen LogP contribution is -2.40. The van der Waals surface area contributed by atoms with Gasteiger partial charge in [0.25, 0.3) is 5.91 Å². The SMILES string of the molecule is CNC(=O)C1Nc2cccc(-c3ccc(C(=O)NCc4c(F)ccc(C)c4F)cc3F)c2C1C1CCCC1. The van der Waals surface area contributed by atoms with E-state index in [1.807, 2.05) is 18.2 Å². The second kappa shape index (κ2) is 10.5. The van der Waals surface area contributed by atoms with Gasteiger partial charge in [0, 0.05) is 41.9 Å². The molecule has 2 atom stereocenters. The van der Waals surface area contributed by atoms with Crippen LogP contribution in [0.3, 0.4) is 0 Å². The second-order valence-corrected chi connectivity index (χ2v) is 10.1. The number of anilines is 1. The topological polar surface area (TPSA) is 70.2 Å². The van der Waals surface area contributed by atoms with E-state index in [1.54, 1.807) is 13.1 Å². The van der Waals surface area contributed by atoms with Crippen molar-refractivity contribution in [3.05, 3.63) is 88.2 Å². The summed E-state index contributed by atoms with van der Waals surface area (Å²) in [6, 6.07) is 11.8. The van der Waals surface area contributed by atoms with Crippen LogP contribution in [0.1, 0.15) is 58.6 Å². The predicted molar refractivity (Wildman–Crippen MR) is 140 cm³/mol. The summed E-state index contributed by atoms with van der Waals surface area (Å²) in [5, 5.41) is 8.59. The smallest absolute Gasteiger partial charge is 0.251 e. The van der Waals surface area contributed by atoms with Crippen LogP contribution in [-0.2, 0) is 11.3 Å². The lowest BCUT2D eigenvalue weighted by atomic mass is 9.78. The monoisotopic (exact) mass is 521 g/mol. The van der Waals surface area contributed by atoms with E-state index in [2.05, 4.69) is 16.0 Å². The minimum atomic E-state index is -0.756. The highest BCUT2D eigenvalue weighted by Gasteiger charge is 2.43. The molecule has 3 N–H and O–H groups in total. The van der Waals surface area contributed by atoms with E-state index in [-0.39, 0.29) is 35.1 Å². The Morgan fingerprint density at radius 3 is 2.45 bits per heavy atom. The summed E-state index contributed by atoms with van der Waals surface area (Å²) in [4.78, 5) is 25.5. The number of carbonyl (C=O) groups is 2. The van der Waals surface area contributed by atoms with Crippen molar-refractivity contribution in [2.24, 2.45) is 5.92 Å². The number of likely N-dealkylation sites (N-methyl/N-ethyl adjacent to an activating group) is 1. The molecule has 2 amide bonds. The van der Waals surface area contributed by atoms with Crippen molar-refractivity contribution < 1.29 is 22.8 Å². The Morgan fingerprint density at radius 1 is 0.974 bits per heavy atom. The second-order valence-electron chi connectivity index (χ2n) is 10.1. The van der Waals surface area contributed by atoms with Gasteiger partial charge >= 0.3 is 0 Å². The molecule has 1 saturated carbocycles. The molecular formula is C30H30F3N3O2. The number of benzene rings is 3. The van der Waals surface area contributed by atoms with Gasteiger partial charge in [-0.2, -0.15) is 0 Å². The normalized spacial score (nSPS) is 18.7. The molecule has 2 unspecified atom stereocenters. The summed E-state index contributed by atoms with van der Waals surface area (Å²) in [7, 11) is 1.62. The van der Waals surface area contributed by atoms with Gasteiger partial charge in [0.2, 0.25) is 5.91 Å². The fourth-order valence-corrected chi connectivity index (χ4v) is 5.94. The van der Waals surface area contributed by atoms with Crippen LogP contribution >= 0.6 is 0 Å². The summed E-state index contributed by atoms with van der Waals surface area (Å²) >= 11 is 0. The van der Waals surface area contributed by atoms with Crippen molar-refractivity contribution in [3.8, 4) is 11.1 Å². The summed E-state index contributed by atoms with van der Waals surface area (Å²) in [6.07, 6.45) is 4.23. The van der Waals surface area contributed by atoms with E-state index in [0.717, 1.165) is 49.1 Å². The maximum atomic E-state index is 15.5. The fraction of sp³-hybridized carbons (Fsp3) is 0.333. The molecule has 198 valence electrons. The molecule has 1 fully saturated rings. The molecule has 0 spiro atoms. The number of amides is 2. The number of rotatable bonds is 6. The Kier molecular flexibility index (Phi) is 7.15. The number of hydrogen-bond acceptors (Lipinski definition) is 3. The maximum absolute atomic E-state index is 15.5. The molecule has 0 saturated heterocycles. The van der Waals surface area contributed by atoms with Gasteiger partial charge in [-0.3, -0.25) is 9.59 Å². The van der Waals surface area contributed by atoms with Crippen molar-refractivity contribution in [3.63, 3.8) is 0 Å². The van der Waals surface area contributed by atoms with Crippen LogP contribution in [0, 0.1) is 30.3 Å². The zero-order valence-electron chi connectivity index (χ0n) is 21.3. The lowest BCUT2D eigenvalue weighted by Gasteiger charge is -2.26. The zero-order chi connectivity index (χ0) is 27.0. The van der Waals surface area contributed by atoms with Gasteiger partial charge in [-0.1, -0.05) is 37.1 Å². The Balaban J connectivity index is 1.43. The first kappa shape index (κ1) is 25.8. The third kappa shape index (κ3) is 4.64. The van der Waals surface area contributed by atoms with E-state index >= 15 is 4.39 Å². The number of fused-ring (bicyclic) bond motifs is 1. The van der Waals surface area contributed by atoms with Crippen molar-refractivity contribution in [1.82, 2.24) is 10.6 Å². The molecule has 1 heterocycles. The Morgan fingerprint density at radius 2 is 1.74 bits per heavy atom. The number of carbonyl (C=O) groups excluding carboxylic acids is 2. The van der Waals surface area contributed by atoms with E-state index in [9.17, 15) is 18.4 Å². The van der Waals surface area contributed by atoms with Crippen molar-refractivity contribution in [1.29, 1.82) is 0 Å². The van der Waals surface area contributed by atoms with Gasteiger partial charge in [0.05, 0.1) is 0 Å². The third-order valence-corrected chi connectivity index (χ3v) is 7.87. The van der Waals surface area contributed by atoms with E-state index in [0.29, 0.717) is 17.0 Å². The summed E-state index contributed by atoms with van der Waals surface area (Å²) in [5.74, 6) is -2.59. The van der Waals surface area contributed by atoms with Crippen LogP contribution in [0.15, 0.2) is 48.5 Å². The van der Waals surface area contributed by atoms with E-state index in [4.69, 9.17) is 0 Å². The van der Waals surface area contributed by atoms with Gasteiger partial charge in [-0.15, -0.1) is 0 Å². The highest BCUT2D eigenvalue weighted by atomic mass is 19.1. The summed E-state index contributed by atoms with van der Waals surface area (Å²) in [6.45, 7) is 1.15. The molecule has 1 aliphatic carbocycles. The van der Waals surface area contributed by atoms with Crippen LogP contribution < -0.4 is 16.0 Å². The molecule has 5 rings (SSSR count). The first-order valence-electron chi connectivity index (χ1n) is 12.9. The molecule has 0 bridgehead atoms. The van der Waals surface area contributed by atoms with Gasteiger partial charge in [-0.25, -0.2) is 13.2 Å². The summed E-state index contributed by atoms with van der Waals surface area (Å²) < 4.78 is 43.9. The molecule has 8 heteroatoms. The van der Waals surface area contributed by atoms with E-state index < -0.39 is 29.4 Å². The average molecular weight is 522 g/mol. The molecule has 5 nitrogen and oxygen atoms in total. The third-order valence-electron chi connectivity index (χ3n) is 7.87. The molecule has 3 aromatic carbocycles. The Labute approximate surface area is 219 Å². The average Bonchev–Trinajstić information content (AvgIpc) is 3.58. The predicted octanol–water partition coefficient (Wildman–Crippen LogP) is 5.82. The highest BCUT2D eigenvalue weighted by molar-refractivity contribution is 5.95. The van der Waals surface area contributed by atoms with Crippen molar-refractivity contribution >= 4 is 17.5 Å². The highest BCUT2D eigenvalue weighted by Crippen LogP contribution is 2.50. The Bertz CT molecular complexity index is 1400. The van der Waals surface area contributed by atoms with Crippen LogP contribution in [-0.4, -0.2) is 24.9 Å². The van der Waals surface area contributed by atoms with Gasteiger partial charge < -0.3 is 16.0 Å². The first-order chi connectivity index (χ1) is 18.3. The number of hydrogen-bond donors (Lipinski definition) is 3. The molecule has 1 aliphatic heterocycles. The van der Waals surface area contributed by atoms with Gasteiger partial charge in [-0.05, 0) is 66.6 Å². The molecular weight excluding hydrogens is 491 g/mol. The molecule has 3 aromatic rings. The number of nitrogens with one attached hydrogen (secondary N) is 3. The first-order valence-corrected chi connectivity index (χ1v) is 12.9. The van der Waals surface area contributed by atoms with Gasteiger partial charge in [0.1, 0.15) is 23.5 Å². The quantitative estimate of drug-likeness (QED) is 0.383. The minimum Gasteiger partial charge on any atom is -0.373 e. The van der Waals surface area contributed by atoms with Crippen LogP contribution in [0.5, 0.6) is 0 Å². The maximum Gasteiger partial charge on any atom is 0.251 e. The zero-order valence-corrected chi connectivity index (χ0v) is 21.3. The molecule has 38 heavy (non-hydrogen) atoms. The van der Waals surface area contributed by atoms with Gasteiger partial charge in [0.15, 0.2) is 0 Å².